The summed E-state index contributed by atoms with van der Waals surface area (Å²) in [5, 5.41) is 11.6. The fourth-order valence-corrected chi connectivity index (χ4v) is 1.87. The molecule has 1 fully saturated rings. The first-order valence-corrected chi connectivity index (χ1v) is 5.37. The van der Waals surface area contributed by atoms with Crippen molar-refractivity contribution in [3.8, 4) is 0 Å². The summed E-state index contributed by atoms with van der Waals surface area (Å²) >= 11 is 0. The molecule has 0 spiro atoms. The largest absolute Gasteiger partial charge is 0.481 e. The van der Waals surface area contributed by atoms with Gasteiger partial charge in [0.25, 0.3) is 0 Å². The highest BCUT2D eigenvalue weighted by atomic mass is 16.4. The Balaban J connectivity index is 2.00. The Morgan fingerprint density at radius 3 is 3.00 bits per heavy atom. The van der Waals surface area contributed by atoms with E-state index in [1.807, 2.05) is 0 Å². The van der Waals surface area contributed by atoms with Gasteiger partial charge in [-0.25, -0.2) is 0 Å². The summed E-state index contributed by atoms with van der Waals surface area (Å²) in [5.74, 6) is -0.0112. The number of hydrogen-bond acceptors (Lipinski definition) is 3. The highest BCUT2D eigenvalue weighted by Crippen LogP contribution is 2.14. The lowest BCUT2D eigenvalue weighted by atomic mass is 10.1. The third kappa shape index (κ3) is 4.07. The van der Waals surface area contributed by atoms with Crippen molar-refractivity contribution in [2.45, 2.75) is 19.8 Å². The number of rotatable bonds is 6. The fourth-order valence-electron chi connectivity index (χ4n) is 1.87. The van der Waals surface area contributed by atoms with Gasteiger partial charge >= 0.3 is 5.97 Å². The van der Waals surface area contributed by atoms with Gasteiger partial charge in [0.05, 0.1) is 6.42 Å². The Bertz CT molecular complexity index is 185. The molecule has 14 heavy (non-hydrogen) atoms. The van der Waals surface area contributed by atoms with E-state index >= 15 is 0 Å². The van der Waals surface area contributed by atoms with Crippen molar-refractivity contribution in [2.24, 2.45) is 5.92 Å². The van der Waals surface area contributed by atoms with Gasteiger partial charge in [0.1, 0.15) is 0 Å². The van der Waals surface area contributed by atoms with Gasteiger partial charge in [-0.15, -0.1) is 0 Å². The predicted octanol–water partition coefficient (Wildman–Crippen LogP) is 0.393. The molecule has 2 N–H and O–H groups in total. The molecule has 4 heteroatoms. The minimum Gasteiger partial charge on any atom is -0.481 e. The lowest BCUT2D eigenvalue weighted by molar-refractivity contribution is -0.136. The van der Waals surface area contributed by atoms with Crippen LogP contribution in [0, 0.1) is 5.92 Å². The molecule has 1 atom stereocenters. The van der Waals surface area contributed by atoms with Gasteiger partial charge in [0, 0.05) is 13.1 Å². The minimum atomic E-state index is -0.723. The van der Waals surface area contributed by atoms with E-state index in [1.165, 1.54) is 13.0 Å². The molecule has 1 aliphatic rings. The second-order valence-electron chi connectivity index (χ2n) is 3.90. The lowest BCUT2D eigenvalue weighted by Crippen LogP contribution is -2.27. The molecule has 4 nitrogen and oxygen atoms in total. The van der Waals surface area contributed by atoms with Gasteiger partial charge in [-0.1, -0.05) is 6.92 Å². The average Bonchev–Trinajstić information content (AvgIpc) is 2.60. The van der Waals surface area contributed by atoms with Crippen LogP contribution >= 0.6 is 0 Å². The van der Waals surface area contributed by atoms with Gasteiger partial charge in [-0.05, 0) is 32.0 Å². The van der Waals surface area contributed by atoms with Crippen molar-refractivity contribution in [3.63, 3.8) is 0 Å². The zero-order chi connectivity index (χ0) is 10.4. The molecule has 1 saturated heterocycles. The second kappa shape index (κ2) is 5.98. The maximum absolute atomic E-state index is 10.2. The van der Waals surface area contributed by atoms with Crippen molar-refractivity contribution in [2.75, 3.05) is 32.7 Å². The molecule has 0 aliphatic carbocycles. The van der Waals surface area contributed by atoms with Crippen LogP contribution in [0.5, 0.6) is 0 Å². The quantitative estimate of drug-likeness (QED) is 0.609. The van der Waals surface area contributed by atoms with Crippen molar-refractivity contribution < 1.29 is 9.90 Å². The van der Waals surface area contributed by atoms with E-state index in [9.17, 15) is 4.79 Å². The highest BCUT2D eigenvalue weighted by molar-refractivity contribution is 5.66. The lowest BCUT2D eigenvalue weighted by Gasteiger charge is -2.13. The third-order valence-corrected chi connectivity index (χ3v) is 2.77. The molecule has 0 bridgehead atoms. The first kappa shape index (κ1) is 11.5. The summed E-state index contributed by atoms with van der Waals surface area (Å²) in [6.45, 7) is 7.23. The van der Waals surface area contributed by atoms with Crippen molar-refractivity contribution >= 4 is 5.97 Å². The number of likely N-dealkylation sites (tertiary alicyclic amines) is 1. The monoisotopic (exact) mass is 200 g/mol. The summed E-state index contributed by atoms with van der Waals surface area (Å²) in [7, 11) is 0. The average molecular weight is 200 g/mol. The van der Waals surface area contributed by atoms with E-state index in [4.69, 9.17) is 5.11 Å². The smallest absolute Gasteiger partial charge is 0.304 e. The Morgan fingerprint density at radius 2 is 2.43 bits per heavy atom. The number of carboxylic acids is 1. The van der Waals surface area contributed by atoms with E-state index in [0.717, 1.165) is 19.6 Å². The molecule has 0 aromatic carbocycles. The Labute approximate surface area is 85.3 Å². The second-order valence-corrected chi connectivity index (χ2v) is 3.90. The van der Waals surface area contributed by atoms with E-state index < -0.39 is 5.97 Å². The van der Waals surface area contributed by atoms with Crippen molar-refractivity contribution in [1.29, 1.82) is 0 Å². The number of carbonyl (C=O) groups is 1. The summed E-state index contributed by atoms with van der Waals surface area (Å²) in [5.41, 5.74) is 0. The maximum atomic E-state index is 10.2. The van der Waals surface area contributed by atoms with Gasteiger partial charge in [-0.2, -0.15) is 0 Å². The van der Waals surface area contributed by atoms with Gasteiger partial charge in [0.15, 0.2) is 0 Å². The maximum Gasteiger partial charge on any atom is 0.304 e. The molecular formula is C10H20N2O2. The Hall–Kier alpha value is -0.610. The van der Waals surface area contributed by atoms with Crippen LogP contribution in [-0.4, -0.2) is 48.7 Å². The molecule has 1 unspecified atom stereocenters. The highest BCUT2D eigenvalue weighted by Gasteiger charge is 2.20. The molecule has 0 amide bonds. The van der Waals surface area contributed by atoms with Gasteiger partial charge in [-0.3, -0.25) is 4.79 Å². The first-order chi connectivity index (χ1) is 6.72. The molecule has 1 heterocycles. The van der Waals surface area contributed by atoms with Gasteiger partial charge < -0.3 is 15.3 Å². The summed E-state index contributed by atoms with van der Waals surface area (Å²) in [6, 6.07) is 0. The molecule has 82 valence electrons. The van der Waals surface area contributed by atoms with Crippen LogP contribution in [-0.2, 0) is 4.79 Å². The van der Waals surface area contributed by atoms with E-state index in [2.05, 4.69) is 17.1 Å². The van der Waals surface area contributed by atoms with E-state index in [1.54, 1.807) is 0 Å². The fraction of sp³-hybridized carbons (Fsp3) is 0.900. The Morgan fingerprint density at radius 1 is 1.64 bits per heavy atom. The third-order valence-electron chi connectivity index (χ3n) is 2.77. The van der Waals surface area contributed by atoms with E-state index in [-0.39, 0.29) is 6.42 Å². The Kier molecular flexibility index (Phi) is 4.90. The number of hydrogen-bond donors (Lipinski definition) is 2. The SMILES string of the molecule is CCN1CCC(CNCCC(=O)O)C1. The summed E-state index contributed by atoms with van der Waals surface area (Å²) < 4.78 is 0. The topological polar surface area (TPSA) is 52.6 Å². The zero-order valence-corrected chi connectivity index (χ0v) is 8.83. The summed E-state index contributed by atoms with van der Waals surface area (Å²) in [6.07, 6.45) is 1.47. The van der Waals surface area contributed by atoms with Crippen molar-refractivity contribution in [1.82, 2.24) is 10.2 Å². The molecule has 0 aromatic heterocycles. The van der Waals surface area contributed by atoms with Crippen LogP contribution in [0.3, 0.4) is 0 Å². The van der Waals surface area contributed by atoms with Crippen LogP contribution in [0.15, 0.2) is 0 Å². The van der Waals surface area contributed by atoms with Crippen LogP contribution < -0.4 is 5.32 Å². The number of carboxylic acid groups (broad SMARTS) is 1. The van der Waals surface area contributed by atoms with Crippen LogP contribution in [0.1, 0.15) is 19.8 Å². The zero-order valence-electron chi connectivity index (χ0n) is 8.83. The van der Waals surface area contributed by atoms with Crippen LogP contribution in [0.2, 0.25) is 0 Å². The van der Waals surface area contributed by atoms with Crippen LogP contribution in [0.25, 0.3) is 0 Å². The molecule has 1 aliphatic heterocycles. The van der Waals surface area contributed by atoms with Crippen molar-refractivity contribution in [3.05, 3.63) is 0 Å². The predicted molar refractivity (Wildman–Crippen MR) is 55.3 cm³/mol. The van der Waals surface area contributed by atoms with Crippen LogP contribution in [0.4, 0.5) is 0 Å². The first-order valence-electron chi connectivity index (χ1n) is 5.37. The number of nitrogens with zero attached hydrogens (tertiary/aromatic N) is 1. The molecule has 0 radical (unpaired) electrons. The van der Waals surface area contributed by atoms with Gasteiger partial charge in [0.2, 0.25) is 0 Å². The number of nitrogens with one attached hydrogen (secondary N) is 1. The minimum absolute atomic E-state index is 0.226. The number of aliphatic carboxylic acids is 1. The summed E-state index contributed by atoms with van der Waals surface area (Å²) in [4.78, 5) is 12.7. The molecular weight excluding hydrogens is 180 g/mol. The molecule has 0 aromatic rings. The molecule has 1 rings (SSSR count). The normalized spacial score (nSPS) is 22.8. The van der Waals surface area contributed by atoms with E-state index in [0.29, 0.717) is 12.5 Å². The molecule has 0 saturated carbocycles. The standard InChI is InChI=1S/C10H20N2O2/c1-2-12-6-4-9(8-12)7-11-5-3-10(13)14/h9,11H,2-8H2,1H3,(H,13,14).